The van der Waals surface area contributed by atoms with Gasteiger partial charge in [0.2, 0.25) is 0 Å². The highest BCUT2D eigenvalue weighted by atomic mass is 32.2. The Hall–Kier alpha value is -1.79. The molecule has 0 aliphatic carbocycles. The van der Waals surface area contributed by atoms with E-state index in [0.29, 0.717) is 32.0 Å². The normalized spacial score (nSPS) is 19.7. The SMILES string of the molecule is O=S(=O)(Oc1cc2n(n1)CN(N1CCOCC1)C=C2)C(F)(F)F. The van der Waals surface area contributed by atoms with Crippen molar-refractivity contribution in [3.8, 4) is 5.88 Å². The topological polar surface area (TPSA) is 76.9 Å². The highest BCUT2D eigenvalue weighted by molar-refractivity contribution is 7.87. The molecule has 0 bridgehead atoms. The van der Waals surface area contributed by atoms with Crippen LogP contribution in [-0.2, 0) is 21.5 Å². The van der Waals surface area contributed by atoms with E-state index in [1.54, 1.807) is 12.3 Å². The summed E-state index contributed by atoms with van der Waals surface area (Å²) in [5, 5.41) is 7.58. The number of rotatable bonds is 3. The first-order chi connectivity index (χ1) is 10.8. The molecule has 0 atom stereocenters. The van der Waals surface area contributed by atoms with Crippen molar-refractivity contribution < 1.29 is 30.5 Å². The maximum Gasteiger partial charge on any atom is 0.534 e. The van der Waals surface area contributed by atoms with Crippen molar-refractivity contribution in [2.24, 2.45) is 0 Å². The van der Waals surface area contributed by atoms with Crippen LogP contribution in [0.3, 0.4) is 0 Å². The van der Waals surface area contributed by atoms with Gasteiger partial charge in [-0.05, 0) is 6.08 Å². The van der Waals surface area contributed by atoms with E-state index < -0.39 is 21.5 Å². The Kier molecular flexibility index (Phi) is 3.98. The van der Waals surface area contributed by atoms with Gasteiger partial charge in [0, 0.05) is 25.4 Å². The molecule has 3 heterocycles. The first-order valence-electron chi connectivity index (χ1n) is 6.62. The number of hydrogen-bond donors (Lipinski definition) is 0. The average molecular weight is 354 g/mol. The number of halogens is 3. The zero-order valence-electron chi connectivity index (χ0n) is 11.7. The summed E-state index contributed by atoms with van der Waals surface area (Å²) in [7, 11) is -5.72. The van der Waals surface area contributed by atoms with Crippen LogP contribution in [0, 0.1) is 0 Å². The fourth-order valence-corrected chi connectivity index (χ4v) is 2.60. The number of morpholine rings is 1. The van der Waals surface area contributed by atoms with Crippen molar-refractivity contribution >= 4 is 16.2 Å². The van der Waals surface area contributed by atoms with Gasteiger partial charge in [0.05, 0.1) is 18.9 Å². The Bertz CT molecular complexity index is 709. The largest absolute Gasteiger partial charge is 0.534 e. The smallest absolute Gasteiger partial charge is 0.379 e. The number of hydrogen-bond acceptors (Lipinski definition) is 7. The summed E-state index contributed by atoms with van der Waals surface area (Å²) in [6.45, 7) is 2.74. The van der Waals surface area contributed by atoms with Crippen molar-refractivity contribution in [2.45, 2.75) is 12.2 Å². The van der Waals surface area contributed by atoms with Crippen LogP contribution in [0.25, 0.3) is 6.08 Å². The van der Waals surface area contributed by atoms with Crippen molar-refractivity contribution in [2.75, 3.05) is 26.3 Å². The fraction of sp³-hybridized carbons (Fsp3) is 0.545. The van der Waals surface area contributed by atoms with E-state index in [4.69, 9.17) is 4.74 Å². The van der Waals surface area contributed by atoms with Crippen molar-refractivity contribution in [3.05, 3.63) is 18.0 Å². The lowest BCUT2D eigenvalue weighted by Crippen LogP contribution is -2.47. The molecule has 0 saturated carbocycles. The van der Waals surface area contributed by atoms with Crippen LogP contribution in [0.5, 0.6) is 5.88 Å². The molecule has 1 aromatic rings. The molecular weight excluding hydrogens is 341 g/mol. The van der Waals surface area contributed by atoms with E-state index in [9.17, 15) is 21.6 Å². The highest BCUT2D eigenvalue weighted by Crippen LogP contribution is 2.27. The van der Waals surface area contributed by atoms with E-state index in [0.717, 1.165) is 6.07 Å². The molecule has 2 aliphatic rings. The molecule has 1 fully saturated rings. The van der Waals surface area contributed by atoms with Crippen LogP contribution in [0.2, 0.25) is 0 Å². The molecule has 0 radical (unpaired) electrons. The van der Waals surface area contributed by atoms with Crippen molar-refractivity contribution in [1.29, 1.82) is 0 Å². The van der Waals surface area contributed by atoms with Gasteiger partial charge in [-0.15, -0.1) is 5.10 Å². The van der Waals surface area contributed by atoms with Gasteiger partial charge >= 0.3 is 15.6 Å². The summed E-state index contributed by atoms with van der Waals surface area (Å²) in [4.78, 5) is 0. The maximum absolute atomic E-state index is 12.3. The number of hydrazine groups is 1. The molecule has 2 aliphatic heterocycles. The quantitative estimate of drug-likeness (QED) is 0.581. The van der Waals surface area contributed by atoms with Crippen LogP contribution in [0.15, 0.2) is 12.3 Å². The van der Waals surface area contributed by atoms with E-state index in [-0.39, 0.29) is 6.67 Å². The van der Waals surface area contributed by atoms with Gasteiger partial charge in [-0.3, -0.25) is 5.01 Å². The second-order valence-corrected chi connectivity index (χ2v) is 6.39. The minimum Gasteiger partial charge on any atom is -0.379 e. The van der Waals surface area contributed by atoms with Crippen LogP contribution in [0.1, 0.15) is 5.69 Å². The van der Waals surface area contributed by atoms with Crippen molar-refractivity contribution in [3.63, 3.8) is 0 Å². The first kappa shape index (κ1) is 16.1. The minimum absolute atomic E-state index is 0.237. The summed E-state index contributed by atoms with van der Waals surface area (Å²) in [5.41, 5.74) is -5.05. The molecule has 12 heteroatoms. The number of fused-ring (bicyclic) bond motifs is 1. The third-order valence-corrected chi connectivity index (χ3v) is 4.27. The van der Waals surface area contributed by atoms with Gasteiger partial charge in [0.1, 0.15) is 6.67 Å². The second kappa shape index (κ2) is 5.69. The summed E-state index contributed by atoms with van der Waals surface area (Å²) in [5.74, 6) is -0.620. The zero-order valence-corrected chi connectivity index (χ0v) is 12.5. The second-order valence-electron chi connectivity index (χ2n) is 4.85. The standard InChI is InChI=1S/C11H13F3N4O4S/c12-11(13,14)23(19,20)22-10-7-9-1-2-17(8-18(9)15-10)16-3-5-21-6-4-16/h1-2,7H,3-6,8H2. The van der Waals surface area contributed by atoms with Gasteiger partial charge in [-0.1, -0.05) is 0 Å². The Morgan fingerprint density at radius 2 is 1.96 bits per heavy atom. The third-order valence-electron chi connectivity index (χ3n) is 3.31. The number of nitrogens with zero attached hydrogens (tertiary/aromatic N) is 4. The average Bonchev–Trinajstić information content (AvgIpc) is 2.87. The lowest BCUT2D eigenvalue weighted by Gasteiger charge is -2.37. The summed E-state index contributed by atoms with van der Waals surface area (Å²) in [6.07, 6.45) is 3.35. The van der Waals surface area contributed by atoms with Gasteiger partial charge in [-0.2, -0.15) is 21.6 Å². The molecule has 0 aromatic carbocycles. The van der Waals surface area contributed by atoms with E-state index in [1.807, 2.05) is 10.0 Å². The molecular formula is C11H13F3N4O4S. The van der Waals surface area contributed by atoms with Crippen molar-refractivity contribution in [1.82, 2.24) is 19.8 Å². The monoisotopic (exact) mass is 354 g/mol. The number of ether oxygens (including phenoxy) is 1. The van der Waals surface area contributed by atoms with Crippen LogP contribution >= 0.6 is 0 Å². The molecule has 0 amide bonds. The van der Waals surface area contributed by atoms with Gasteiger partial charge < -0.3 is 8.92 Å². The zero-order chi connectivity index (χ0) is 16.7. The molecule has 3 rings (SSSR count). The molecule has 8 nitrogen and oxygen atoms in total. The number of alkyl halides is 3. The number of aromatic nitrogens is 2. The molecule has 1 saturated heterocycles. The molecule has 1 aromatic heterocycles. The van der Waals surface area contributed by atoms with Crippen LogP contribution in [-0.4, -0.2) is 60.0 Å². The van der Waals surface area contributed by atoms with E-state index in [2.05, 4.69) is 9.28 Å². The van der Waals surface area contributed by atoms with Gasteiger partial charge in [0.15, 0.2) is 0 Å². The highest BCUT2D eigenvalue weighted by Gasteiger charge is 2.49. The summed E-state index contributed by atoms with van der Waals surface area (Å²) >= 11 is 0. The predicted octanol–water partition coefficient (Wildman–Crippen LogP) is 0.603. The fourth-order valence-electron chi connectivity index (χ4n) is 2.20. The third kappa shape index (κ3) is 3.28. The summed E-state index contributed by atoms with van der Waals surface area (Å²) in [6, 6.07) is 1.14. The maximum atomic E-state index is 12.3. The first-order valence-corrected chi connectivity index (χ1v) is 8.03. The molecule has 0 N–H and O–H groups in total. The molecule has 0 spiro atoms. The van der Waals surface area contributed by atoms with Crippen LogP contribution < -0.4 is 4.18 Å². The van der Waals surface area contributed by atoms with Gasteiger partial charge in [0.25, 0.3) is 5.88 Å². The molecule has 128 valence electrons. The Balaban J connectivity index is 1.74. The predicted molar refractivity (Wildman–Crippen MR) is 71.1 cm³/mol. The molecule has 0 unspecified atom stereocenters. The van der Waals surface area contributed by atoms with Gasteiger partial charge in [-0.25, -0.2) is 9.69 Å². The Morgan fingerprint density at radius 1 is 1.26 bits per heavy atom. The Morgan fingerprint density at radius 3 is 2.61 bits per heavy atom. The minimum atomic E-state index is -5.72. The summed E-state index contributed by atoms with van der Waals surface area (Å²) < 4.78 is 69.6. The lowest BCUT2D eigenvalue weighted by atomic mass is 10.4. The van der Waals surface area contributed by atoms with E-state index >= 15 is 0 Å². The molecule has 23 heavy (non-hydrogen) atoms. The Labute approximate surface area is 129 Å². The van der Waals surface area contributed by atoms with E-state index in [1.165, 1.54) is 4.68 Å². The van der Waals surface area contributed by atoms with Crippen LogP contribution in [0.4, 0.5) is 13.2 Å². The lowest BCUT2D eigenvalue weighted by molar-refractivity contribution is -0.0798.